The molecule has 0 saturated carbocycles. The first kappa shape index (κ1) is 14.6. The normalized spacial score (nSPS) is 14.0. The number of amides is 2. The van der Waals surface area contributed by atoms with E-state index in [-0.39, 0.29) is 6.03 Å². The molecule has 8 nitrogen and oxygen atoms in total. The zero-order valence-electron chi connectivity index (χ0n) is 12.7. The summed E-state index contributed by atoms with van der Waals surface area (Å²) < 4.78 is 12.2. The Labute approximate surface area is 128 Å². The third-order valence-electron chi connectivity index (χ3n) is 3.82. The minimum atomic E-state index is -0.0820. The number of ether oxygens (including phenoxy) is 1. The second-order valence-corrected chi connectivity index (χ2v) is 5.09. The van der Waals surface area contributed by atoms with Gasteiger partial charge in [-0.2, -0.15) is 5.10 Å². The average molecular weight is 305 g/mol. The number of carbonyl (C=O) groups excluding carboxylic acids is 1. The Hall–Kier alpha value is -2.35. The molecule has 2 amide bonds. The van der Waals surface area contributed by atoms with E-state index in [1.54, 1.807) is 25.3 Å². The van der Waals surface area contributed by atoms with Crippen molar-refractivity contribution in [2.75, 3.05) is 27.3 Å². The first-order valence-electron chi connectivity index (χ1n) is 7.17. The lowest BCUT2D eigenvalue weighted by Crippen LogP contribution is -2.41. The van der Waals surface area contributed by atoms with Crippen molar-refractivity contribution < 1.29 is 13.9 Å². The fourth-order valence-electron chi connectivity index (χ4n) is 2.72. The van der Waals surface area contributed by atoms with Gasteiger partial charge in [0.25, 0.3) is 0 Å². The molecule has 0 unspecified atom stereocenters. The van der Waals surface area contributed by atoms with Gasteiger partial charge in [-0.05, 0) is 0 Å². The molecule has 2 aromatic heterocycles. The van der Waals surface area contributed by atoms with Crippen molar-refractivity contribution in [3.8, 4) is 11.4 Å². The Balaban J connectivity index is 1.97. The van der Waals surface area contributed by atoms with E-state index in [2.05, 4.69) is 15.4 Å². The van der Waals surface area contributed by atoms with Crippen LogP contribution in [0.25, 0.3) is 11.4 Å². The Bertz CT molecular complexity index is 650. The molecule has 0 bridgehead atoms. The summed E-state index contributed by atoms with van der Waals surface area (Å²) in [6.45, 7) is 2.45. The highest BCUT2D eigenvalue weighted by Gasteiger charge is 2.28. The molecule has 1 aliphatic heterocycles. The number of nitrogens with zero attached hydrogens (tertiary/aromatic N) is 4. The molecular weight excluding hydrogens is 286 g/mol. The van der Waals surface area contributed by atoms with Gasteiger partial charge in [0, 0.05) is 38.4 Å². The van der Waals surface area contributed by atoms with Crippen LogP contribution in [-0.2, 0) is 24.2 Å². The summed E-state index contributed by atoms with van der Waals surface area (Å²) in [4.78, 5) is 17.8. The van der Waals surface area contributed by atoms with E-state index in [1.165, 1.54) is 6.39 Å². The van der Waals surface area contributed by atoms with Crippen LogP contribution < -0.4 is 5.32 Å². The van der Waals surface area contributed by atoms with Crippen molar-refractivity contribution in [2.45, 2.75) is 19.5 Å². The minimum absolute atomic E-state index is 0.0820. The number of oxazole rings is 1. The van der Waals surface area contributed by atoms with E-state index < -0.39 is 0 Å². The molecular formula is C14H19N5O3. The van der Waals surface area contributed by atoms with Gasteiger partial charge in [0.1, 0.15) is 17.7 Å². The summed E-state index contributed by atoms with van der Waals surface area (Å²) in [5.41, 5.74) is 3.62. The maximum atomic E-state index is 11.9. The van der Waals surface area contributed by atoms with Gasteiger partial charge >= 0.3 is 6.03 Å². The van der Waals surface area contributed by atoms with Gasteiger partial charge in [-0.25, -0.2) is 9.78 Å². The van der Waals surface area contributed by atoms with E-state index >= 15 is 0 Å². The van der Waals surface area contributed by atoms with Crippen molar-refractivity contribution in [3.63, 3.8) is 0 Å². The molecule has 8 heteroatoms. The molecule has 1 N–H and O–H groups in total. The molecule has 0 radical (unpaired) electrons. The SMILES string of the molecule is CNC(=O)N1CCc2c(c(-c3cocn3)nn2CCOC)C1. The fourth-order valence-corrected chi connectivity index (χ4v) is 2.72. The second-order valence-electron chi connectivity index (χ2n) is 5.09. The summed E-state index contributed by atoms with van der Waals surface area (Å²) in [7, 11) is 3.31. The Kier molecular flexibility index (Phi) is 4.10. The Morgan fingerprint density at radius 3 is 3.09 bits per heavy atom. The number of methoxy groups -OCH3 is 1. The topological polar surface area (TPSA) is 85.4 Å². The zero-order chi connectivity index (χ0) is 15.5. The number of rotatable bonds is 4. The van der Waals surface area contributed by atoms with Crippen LogP contribution in [0.3, 0.4) is 0 Å². The van der Waals surface area contributed by atoms with Gasteiger partial charge in [-0.15, -0.1) is 0 Å². The van der Waals surface area contributed by atoms with E-state index in [0.717, 1.165) is 23.4 Å². The molecule has 3 heterocycles. The van der Waals surface area contributed by atoms with Gasteiger partial charge in [-0.3, -0.25) is 4.68 Å². The summed E-state index contributed by atoms with van der Waals surface area (Å²) >= 11 is 0. The molecule has 118 valence electrons. The van der Waals surface area contributed by atoms with Crippen LogP contribution in [0.5, 0.6) is 0 Å². The van der Waals surface area contributed by atoms with E-state index in [1.807, 2.05) is 4.68 Å². The lowest BCUT2D eigenvalue weighted by atomic mass is 10.0. The van der Waals surface area contributed by atoms with Crippen molar-refractivity contribution in [1.29, 1.82) is 0 Å². The Morgan fingerprint density at radius 1 is 1.55 bits per heavy atom. The van der Waals surface area contributed by atoms with Gasteiger partial charge < -0.3 is 19.4 Å². The molecule has 0 saturated heterocycles. The molecule has 3 rings (SSSR count). The number of aromatic nitrogens is 3. The Morgan fingerprint density at radius 2 is 2.41 bits per heavy atom. The predicted molar refractivity (Wildman–Crippen MR) is 78.2 cm³/mol. The van der Waals surface area contributed by atoms with Gasteiger partial charge in [0.2, 0.25) is 0 Å². The van der Waals surface area contributed by atoms with Crippen molar-refractivity contribution in [2.24, 2.45) is 0 Å². The van der Waals surface area contributed by atoms with E-state index in [9.17, 15) is 4.79 Å². The number of fused-ring (bicyclic) bond motifs is 1. The fraction of sp³-hybridized carbons (Fsp3) is 0.500. The van der Waals surface area contributed by atoms with Crippen LogP contribution in [0.2, 0.25) is 0 Å². The zero-order valence-corrected chi connectivity index (χ0v) is 12.7. The lowest BCUT2D eigenvalue weighted by molar-refractivity contribution is 0.179. The highest BCUT2D eigenvalue weighted by atomic mass is 16.5. The average Bonchev–Trinajstić information content (AvgIpc) is 3.19. The molecule has 2 aromatic rings. The molecule has 0 fully saturated rings. The van der Waals surface area contributed by atoms with Crippen molar-refractivity contribution in [1.82, 2.24) is 25.0 Å². The summed E-state index contributed by atoms with van der Waals surface area (Å²) in [6.07, 6.45) is 3.72. The van der Waals surface area contributed by atoms with Crippen LogP contribution in [0.4, 0.5) is 4.79 Å². The molecule has 0 atom stereocenters. The standard InChI is InChI=1S/C14H19N5O3/c1-15-14(20)18-4-3-12-10(7-18)13(11-8-22-9-16-11)17-19(12)5-6-21-2/h8-9H,3-7H2,1-2H3,(H,15,20). The van der Waals surface area contributed by atoms with Crippen LogP contribution in [0, 0.1) is 0 Å². The van der Waals surface area contributed by atoms with Crippen LogP contribution >= 0.6 is 0 Å². The van der Waals surface area contributed by atoms with Crippen LogP contribution in [-0.4, -0.2) is 53.0 Å². The third kappa shape index (κ3) is 2.57. The molecule has 1 aliphatic rings. The number of nitrogens with one attached hydrogen (secondary N) is 1. The summed E-state index contributed by atoms with van der Waals surface area (Å²) in [5, 5.41) is 7.31. The second kappa shape index (κ2) is 6.18. The smallest absolute Gasteiger partial charge is 0.317 e. The van der Waals surface area contributed by atoms with Crippen LogP contribution in [0.1, 0.15) is 11.3 Å². The van der Waals surface area contributed by atoms with Crippen LogP contribution in [0.15, 0.2) is 17.1 Å². The highest BCUT2D eigenvalue weighted by molar-refractivity contribution is 5.74. The molecule has 0 aliphatic carbocycles. The number of hydrogen-bond acceptors (Lipinski definition) is 5. The van der Waals surface area contributed by atoms with Crippen molar-refractivity contribution in [3.05, 3.63) is 23.9 Å². The summed E-state index contributed by atoms with van der Waals surface area (Å²) in [5.74, 6) is 0. The van der Waals surface area contributed by atoms with E-state index in [0.29, 0.717) is 31.9 Å². The summed E-state index contributed by atoms with van der Waals surface area (Å²) in [6, 6.07) is -0.0820. The third-order valence-corrected chi connectivity index (χ3v) is 3.82. The van der Waals surface area contributed by atoms with E-state index in [4.69, 9.17) is 9.15 Å². The monoisotopic (exact) mass is 305 g/mol. The minimum Gasteiger partial charge on any atom is -0.451 e. The number of urea groups is 1. The molecule has 0 spiro atoms. The maximum Gasteiger partial charge on any atom is 0.317 e. The molecule has 0 aromatic carbocycles. The van der Waals surface area contributed by atoms with Gasteiger partial charge in [0.15, 0.2) is 6.39 Å². The van der Waals surface area contributed by atoms with Gasteiger partial charge in [-0.1, -0.05) is 0 Å². The molecule has 22 heavy (non-hydrogen) atoms. The lowest BCUT2D eigenvalue weighted by Gasteiger charge is -2.27. The quantitative estimate of drug-likeness (QED) is 0.906. The predicted octanol–water partition coefficient (Wildman–Crippen LogP) is 0.882. The highest BCUT2D eigenvalue weighted by Crippen LogP contribution is 2.29. The van der Waals surface area contributed by atoms with Crippen molar-refractivity contribution >= 4 is 6.03 Å². The number of hydrogen-bond donors (Lipinski definition) is 1. The first-order chi connectivity index (χ1) is 10.7. The number of carbonyl (C=O) groups is 1. The maximum absolute atomic E-state index is 11.9. The van der Waals surface area contributed by atoms with Gasteiger partial charge in [0.05, 0.1) is 19.7 Å². The largest absolute Gasteiger partial charge is 0.451 e. The first-order valence-corrected chi connectivity index (χ1v) is 7.17.